The van der Waals surface area contributed by atoms with E-state index in [1.807, 2.05) is 0 Å². The van der Waals surface area contributed by atoms with E-state index in [1.165, 1.54) is 6.20 Å². The SMILES string of the molecule is NC(=O)c1nnnc2cccnc12. The summed E-state index contributed by atoms with van der Waals surface area (Å²) >= 11 is 0. The highest BCUT2D eigenvalue weighted by Gasteiger charge is 2.09. The maximum atomic E-state index is 10.9. The quantitative estimate of drug-likeness (QED) is 0.631. The molecule has 0 aliphatic carbocycles. The van der Waals surface area contributed by atoms with Crippen molar-refractivity contribution in [3.8, 4) is 0 Å². The molecule has 2 rings (SSSR count). The Morgan fingerprint density at radius 3 is 3.00 bits per heavy atom. The Morgan fingerprint density at radius 2 is 2.23 bits per heavy atom. The van der Waals surface area contributed by atoms with Gasteiger partial charge in [-0.25, -0.2) is 0 Å². The summed E-state index contributed by atoms with van der Waals surface area (Å²) in [6.07, 6.45) is 1.54. The minimum absolute atomic E-state index is 0.0469. The van der Waals surface area contributed by atoms with Gasteiger partial charge in [0.15, 0.2) is 5.69 Å². The molecule has 0 aromatic carbocycles. The summed E-state index contributed by atoms with van der Waals surface area (Å²) in [6, 6.07) is 3.38. The standard InChI is InChI=1S/C7H5N5O/c8-7(13)6-5-4(10-12-11-6)2-1-3-9-5/h1-3H,(H2,8,13). The molecule has 13 heavy (non-hydrogen) atoms. The fourth-order valence-electron chi connectivity index (χ4n) is 0.989. The molecular formula is C7H5N5O. The van der Waals surface area contributed by atoms with Gasteiger partial charge in [0.05, 0.1) is 0 Å². The van der Waals surface area contributed by atoms with Gasteiger partial charge in [0, 0.05) is 6.20 Å². The summed E-state index contributed by atoms with van der Waals surface area (Å²) in [5, 5.41) is 10.6. The molecule has 2 heterocycles. The van der Waals surface area contributed by atoms with Crippen molar-refractivity contribution in [2.45, 2.75) is 0 Å². The van der Waals surface area contributed by atoms with Crippen molar-refractivity contribution in [2.75, 3.05) is 0 Å². The number of hydrogen-bond donors (Lipinski definition) is 1. The van der Waals surface area contributed by atoms with Gasteiger partial charge in [-0.2, -0.15) is 0 Å². The lowest BCUT2D eigenvalue weighted by atomic mass is 10.3. The van der Waals surface area contributed by atoms with Gasteiger partial charge in [-0.3, -0.25) is 9.78 Å². The van der Waals surface area contributed by atoms with Crippen LogP contribution in [-0.4, -0.2) is 26.3 Å². The summed E-state index contributed by atoms with van der Waals surface area (Å²) in [4.78, 5) is 14.8. The first-order valence-corrected chi connectivity index (χ1v) is 3.53. The zero-order valence-corrected chi connectivity index (χ0v) is 6.51. The number of nitrogens with two attached hydrogens (primary N) is 1. The number of hydrogen-bond acceptors (Lipinski definition) is 5. The third-order valence-corrected chi connectivity index (χ3v) is 1.54. The second-order valence-electron chi connectivity index (χ2n) is 2.37. The van der Waals surface area contributed by atoms with Crippen LogP contribution in [0, 0.1) is 0 Å². The van der Waals surface area contributed by atoms with Crippen molar-refractivity contribution in [2.24, 2.45) is 5.73 Å². The van der Waals surface area contributed by atoms with Crippen LogP contribution in [0.25, 0.3) is 11.0 Å². The molecule has 6 nitrogen and oxygen atoms in total. The summed E-state index contributed by atoms with van der Waals surface area (Å²) in [5.74, 6) is -0.654. The van der Waals surface area contributed by atoms with E-state index in [9.17, 15) is 4.79 Å². The smallest absolute Gasteiger partial charge is 0.271 e. The Balaban J connectivity index is 2.83. The van der Waals surface area contributed by atoms with Crippen molar-refractivity contribution in [1.82, 2.24) is 20.4 Å². The Hall–Kier alpha value is -2.11. The van der Waals surface area contributed by atoms with Crippen molar-refractivity contribution < 1.29 is 4.79 Å². The fourth-order valence-corrected chi connectivity index (χ4v) is 0.989. The predicted octanol–water partition coefficient (Wildman–Crippen LogP) is -0.481. The monoisotopic (exact) mass is 175 g/mol. The normalized spacial score (nSPS) is 10.2. The van der Waals surface area contributed by atoms with Gasteiger partial charge in [-0.15, -0.1) is 10.2 Å². The molecule has 0 aliphatic heterocycles. The van der Waals surface area contributed by atoms with Crippen LogP contribution in [0.5, 0.6) is 0 Å². The third kappa shape index (κ3) is 1.18. The van der Waals surface area contributed by atoms with Crippen molar-refractivity contribution in [3.63, 3.8) is 0 Å². The van der Waals surface area contributed by atoms with Crippen LogP contribution in [0.3, 0.4) is 0 Å². The number of rotatable bonds is 1. The van der Waals surface area contributed by atoms with E-state index in [-0.39, 0.29) is 5.69 Å². The zero-order valence-electron chi connectivity index (χ0n) is 6.51. The number of amides is 1. The minimum atomic E-state index is -0.654. The van der Waals surface area contributed by atoms with Gasteiger partial charge in [0.25, 0.3) is 5.91 Å². The second-order valence-corrected chi connectivity index (χ2v) is 2.37. The maximum Gasteiger partial charge on any atom is 0.271 e. The van der Waals surface area contributed by atoms with Gasteiger partial charge in [0.2, 0.25) is 0 Å². The number of carbonyl (C=O) groups excluding carboxylic acids is 1. The lowest BCUT2D eigenvalue weighted by Gasteiger charge is -1.96. The number of pyridine rings is 1. The predicted molar refractivity (Wildman–Crippen MR) is 43.6 cm³/mol. The van der Waals surface area contributed by atoms with E-state index in [0.29, 0.717) is 11.0 Å². The number of primary amides is 1. The van der Waals surface area contributed by atoms with Crippen LogP contribution in [0.15, 0.2) is 18.3 Å². The first-order valence-electron chi connectivity index (χ1n) is 3.53. The third-order valence-electron chi connectivity index (χ3n) is 1.54. The Kier molecular flexibility index (Phi) is 1.59. The fraction of sp³-hybridized carbons (Fsp3) is 0. The van der Waals surface area contributed by atoms with Crippen LogP contribution in [0.1, 0.15) is 10.5 Å². The highest BCUT2D eigenvalue weighted by molar-refractivity contribution is 6.01. The van der Waals surface area contributed by atoms with Crippen molar-refractivity contribution in [1.29, 1.82) is 0 Å². The molecule has 0 atom stereocenters. The first-order chi connectivity index (χ1) is 6.29. The van der Waals surface area contributed by atoms with Crippen LogP contribution in [-0.2, 0) is 0 Å². The summed E-state index contributed by atoms with van der Waals surface area (Å²) in [7, 11) is 0. The highest BCUT2D eigenvalue weighted by atomic mass is 16.1. The average Bonchev–Trinajstić information content (AvgIpc) is 2.17. The summed E-state index contributed by atoms with van der Waals surface area (Å²) < 4.78 is 0. The van der Waals surface area contributed by atoms with E-state index in [0.717, 1.165) is 0 Å². The molecule has 0 saturated carbocycles. The van der Waals surface area contributed by atoms with Crippen LogP contribution in [0.2, 0.25) is 0 Å². The van der Waals surface area contributed by atoms with E-state index in [2.05, 4.69) is 20.4 Å². The molecule has 2 aromatic rings. The molecule has 64 valence electrons. The van der Waals surface area contributed by atoms with Crippen LogP contribution < -0.4 is 5.73 Å². The topological polar surface area (TPSA) is 94.7 Å². The van der Waals surface area contributed by atoms with Gasteiger partial charge < -0.3 is 5.73 Å². The van der Waals surface area contributed by atoms with E-state index >= 15 is 0 Å². The van der Waals surface area contributed by atoms with Gasteiger partial charge in [-0.1, -0.05) is 0 Å². The zero-order chi connectivity index (χ0) is 9.26. The molecule has 2 N–H and O–H groups in total. The molecule has 0 radical (unpaired) electrons. The van der Waals surface area contributed by atoms with Gasteiger partial charge in [-0.05, 0) is 17.3 Å². The number of carbonyl (C=O) groups is 1. The van der Waals surface area contributed by atoms with Crippen molar-refractivity contribution in [3.05, 3.63) is 24.0 Å². The molecule has 0 saturated heterocycles. The van der Waals surface area contributed by atoms with Crippen LogP contribution in [0.4, 0.5) is 0 Å². The lowest BCUT2D eigenvalue weighted by molar-refractivity contribution is 0.0996. The maximum absolute atomic E-state index is 10.9. The molecule has 0 aliphatic rings. The number of aromatic nitrogens is 4. The van der Waals surface area contributed by atoms with E-state index < -0.39 is 5.91 Å². The number of nitrogens with zero attached hydrogens (tertiary/aromatic N) is 4. The molecule has 1 amide bonds. The second kappa shape index (κ2) is 2.74. The highest BCUT2D eigenvalue weighted by Crippen LogP contribution is 2.08. The summed E-state index contributed by atoms with van der Waals surface area (Å²) in [6.45, 7) is 0. The first kappa shape index (κ1) is 7.53. The Labute approximate surface area is 72.8 Å². The largest absolute Gasteiger partial charge is 0.364 e. The summed E-state index contributed by atoms with van der Waals surface area (Å²) in [5.41, 5.74) is 6.00. The van der Waals surface area contributed by atoms with E-state index in [4.69, 9.17) is 5.73 Å². The molecule has 0 bridgehead atoms. The lowest BCUT2D eigenvalue weighted by Crippen LogP contribution is -2.15. The molecule has 6 heteroatoms. The minimum Gasteiger partial charge on any atom is -0.364 e. The molecular weight excluding hydrogens is 170 g/mol. The molecule has 2 aromatic heterocycles. The molecule has 0 fully saturated rings. The average molecular weight is 175 g/mol. The molecule has 0 spiro atoms. The van der Waals surface area contributed by atoms with Gasteiger partial charge in [0.1, 0.15) is 11.0 Å². The van der Waals surface area contributed by atoms with Crippen LogP contribution >= 0.6 is 0 Å². The van der Waals surface area contributed by atoms with Crippen molar-refractivity contribution >= 4 is 16.9 Å². The van der Waals surface area contributed by atoms with Gasteiger partial charge >= 0.3 is 0 Å². The molecule has 0 unspecified atom stereocenters. The number of fused-ring (bicyclic) bond motifs is 1. The van der Waals surface area contributed by atoms with E-state index in [1.54, 1.807) is 12.1 Å². The Bertz CT molecular complexity index is 464. The Morgan fingerprint density at radius 1 is 1.38 bits per heavy atom.